The number of halogens is 1. The van der Waals surface area contributed by atoms with E-state index in [1.807, 2.05) is 20.8 Å². The van der Waals surface area contributed by atoms with Crippen LogP contribution >= 0.6 is 0 Å². The van der Waals surface area contributed by atoms with Crippen LogP contribution in [0.25, 0.3) is 0 Å². The molecule has 0 aliphatic rings. The number of pyridine rings is 1. The Morgan fingerprint density at radius 2 is 1.95 bits per heavy atom. The molecule has 0 saturated carbocycles. The van der Waals surface area contributed by atoms with Crippen molar-refractivity contribution in [2.45, 2.75) is 33.6 Å². The van der Waals surface area contributed by atoms with E-state index in [-0.39, 0.29) is 5.91 Å². The maximum Gasteiger partial charge on any atom is 0.257 e. The molecule has 0 saturated heterocycles. The zero-order chi connectivity index (χ0) is 14.3. The van der Waals surface area contributed by atoms with Crippen molar-refractivity contribution in [2.75, 3.05) is 25.0 Å². The van der Waals surface area contributed by atoms with Crippen LogP contribution in [0.3, 0.4) is 0 Å². The number of carbonyl (C=O) groups excluding carboxylic acids is 1. The Labute approximate surface area is 114 Å². The van der Waals surface area contributed by atoms with E-state index in [1.165, 1.54) is 6.07 Å². The van der Waals surface area contributed by atoms with Gasteiger partial charge < -0.3 is 10.2 Å². The zero-order valence-corrected chi connectivity index (χ0v) is 11.9. The molecular formula is C14H22FN3O. The summed E-state index contributed by atoms with van der Waals surface area (Å²) in [5, 5.41) is 3.00. The van der Waals surface area contributed by atoms with E-state index in [4.69, 9.17) is 0 Å². The first-order valence-electron chi connectivity index (χ1n) is 6.82. The normalized spacial score (nSPS) is 10.3. The first kappa shape index (κ1) is 15.4. The summed E-state index contributed by atoms with van der Waals surface area (Å²) in [4.78, 5) is 18.2. The van der Waals surface area contributed by atoms with Crippen LogP contribution in [0.1, 0.15) is 44.0 Å². The molecule has 1 heterocycles. The van der Waals surface area contributed by atoms with Gasteiger partial charge in [-0.3, -0.25) is 4.79 Å². The summed E-state index contributed by atoms with van der Waals surface area (Å²) in [7, 11) is 0. The quantitative estimate of drug-likeness (QED) is 0.826. The highest BCUT2D eigenvalue weighted by Gasteiger charge is 2.19. The Morgan fingerprint density at radius 3 is 2.47 bits per heavy atom. The van der Waals surface area contributed by atoms with Crippen LogP contribution in [0.4, 0.5) is 10.2 Å². The molecule has 1 aromatic heterocycles. The van der Waals surface area contributed by atoms with Gasteiger partial charge in [0, 0.05) is 19.6 Å². The average Bonchev–Trinajstić information content (AvgIpc) is 2.40. The second kappa shape index (κ2) is 7.71. The molecular weight excluding hydrogens is 245 g/mol. The van der Waals surface area contributed by atoms with E-state index in [1.54, 1.807) is 4.90 Å². The third-order valence-corrected chi connectivity index (χ3v) is 2.70. The maximum absolute atomic E-state index is 13.3. The van der Waals surface area contributed by atoms with Crippen molar-refractivity contribution in [1.82, 2.24) is 9.88 Å². The van der Waals surface area contributed by atoms with Crippen LogP contribution in [0.5, 0.6) is 0 Å². The average molecular weight is 267 g/mol. The van der Waals surface area contributed by atoms with Gasteiger partial charge in [0.25, 0.3) is 5.91 Å². The largest absolute Gasteiger partial charge is 0.370 e. The second-order valence-corrected chi connectivity index (χ2v) is 4.37. The smallest absolute Gasteiger partial charge is 0.257 e. The van der Waals surface area contributed by atoms with Crippen LogP contribution in [0.2, 0.25) is 0 Å². The number of nitrogens with one attached hydrogen (secondary N) is 1. The molecule has 0 radical (unpaired) electrons. The second-order valence-electron chi connectivity index (χ2n) is 4.37. The lowest BCUT2D eigenvalue weighted by Gasteiger charge is -2.22. The molecule has 1 amide bonds. The molecule has 1 rings (SSSR count). The molecule has 4 nitrogen and oxygen atoms in total. The Hall–Kier alpha value is -1.65. The highest BCUT2D eigenvalue weighted by molar-refractivity contribution is 5.98. The van der Waals surface area contributed by atoms with E-state index < -0.39 is 5.82 Å². The Balaban J connectivity index is 3.03. The van der Waals surface area contributed by atoms with Crippen molar-refractivity contribution in [1.29, 1.82) is 0 Å². The van der Waals surface area contributed by atoms with Gasteiger partial charge in [0.15, 0.2) is 0 Å². The molecule has 0 bridgehead atoms. The molecule has 19 heavy (non-hydrogen) atoms. The number of nitrogens with zero attached hydrogens (tertiary/aromatic N) is 2. The molecule has 1 aromatic rings. The Kier molecular flexibility index (Phi) is 6.25. The van der Waals surface area contributed by atoms with Crippen molar-refractivity contribution in [3.05, 3.63) is 23.6 Å². The molecule has 0 fully saturated rings. The lowest BCUT2D eigenvalue weighted by Crippen LogP contribution is -2.33. The SMILES string of the molecule is CCCN(CCC)C(=O)c1cc(F)cnc1NCC. The maximum atomic E-state index is 13.3. The number of carbonyl (C=O) groups is 1. The fourth-order valence-electron chi connectivity index (χ4n) is 1.94. The first-order chi connectivity index (χ1) is 9.13. The van der Waals surface area contributed by atoms with Gasteiger partial charge in [0.05, 0.1) is 11.8 Å². The van der Waals surface area contributed by atoms with Crippen LogP contribution in [-0.2, 0) is 0 Å². The van der Waals surface area contributed by atoms with Crippen LogP contribution in [0.15, 0.2) is 12.3 Å². The van der Waals surface area contributed by atoms with Crippen molar-refractivity contribution in [3.8, 4) is 0 Å². The number of amides is 1. The molecule has 0 atom stereocenters. The van der Waals surface area contributed by atoms with E-state index in [9.17, 15) is 9.18 Å². The number of hydrogen-bond acceptors (Lipinski definition) is 3. The molecule has 0 aliphatic carbocycles. The standard InChI is InChI=1S/C14H22FN3O/c1-4-7-18(8-5-2)14(19)12-9-11(15)10-17-13(12)16-6-3/h9-10H,4-8H2,1-3H3,(H,16,17). The van der Waals surface area contributed by atoms with Crippen LogP contribution < -0.4 is 5.32 Å². The summed E-state index contributed by atoms with van der Waals surface area (Å²) in [6, 6.07) is 1.26. The van der Waals surface area contributed by atoms with Crippen molar-refractivity contribution >= 4 is 11.7 Å². The first-order valence-corrected chi connectivity index (χ1v) is 6.82. The number of rotatable bonds is 7. The predicted octanol–water partition coefficient (Wildman–Crippen LogP) is 2.91. The highest BCUT2D eigenvalue weighted by atomic mass is 19.1. The van der Waals surface area contributed by atoms with E-state index >= 15 is 0 Å². The molecule has 0 spiro atoms. The summed E-state index contributed by atoms with van der Waals surface area (Å²) < 4.78 is 13.3. The highest BCUT2D eigenvalue weighted by Crippen LogP contribution is 2.16. The number of anilines is 1. The number of hydrogen-bond donors (Lipinski definition) is 1. The van der Waals surface area contributed by atoms with Gasteiger partial charge in [0.2, 0.25) is 0 Å². The van der Waals surface area contributed by atoms with Crippen LogP contribution in [0, 0.1) is 5.82 Å². The minimum Gasteiger partial charge on any atom is -0.370 e. The number of aromatic nitrogens is 1. The van der Waals surface area contributed by atoms with E-state index in [0.717, 1.165) is 19.0 Å². The van der Waals surface area contributed by atoms with Gasteiger partial charge in [-0.1, -0.05) is 13.8 Å². The van der Waals surface area contributed by atoms with Gasteiger partial charge in [-0.05, 0) is 25.8 Å². The van der Waals surface area contributed by atoms with Crippen molar-refractivity contribution in [3.63, 3.8) is 0 Å². The van der Waals surface area contributed by atoms with Gasteiger partial charge >= 0.3 is 0 Å². The van der Waals surface area contributed by atoms with E-state index in [2.05, 4.69) is 10.3 Å². The summed E-state index contributed by atoms with van der Waals surface area (Å²) in [6.07, 6.45) is 2.88. The molecule has 1 N–H and O–H groups in total. The van der Waals surface area contributed by atoms with Gasteiger partial charge in [-0.15, -0.1) is 0 Å². The van der Waals surface area contributed by atoms with Crippen LogP contribution in [-0.4, -0.2) is 35.4 Å². The third kappa shape index (κ3) is 4.19. The molecule has 0 aliphatic heterocycles. The predicted molar refractivity (Wildman–Crippen MR) is 74.8 cm³/mol. The summed E-state index contributed by atoms with van der Waals surface area (Å²) in [5.74, 6) is -0.198. The van der Waals surface area contributed by atoms with Crippen molar-refractivity contribution in [2.24, 2.45) is 0 Å². The molecule has 0 unspecified atom stereocenters. The monoisotopic (exact) mass is 267 g/mol. The minimum absolute atomic E-state index is 0.161. The fourth-order valence-corrected chi connectivity index (χ4v) is 1.94. The molecule has 0 aromatic carbocycles. The fraction of sp³-hybridized carbons (Fsp3) is 0.571. The topological polar surface area (TPSA) is 45.2 Å². The lowest BCUT2D eigenvalue weighted by molar-refractivity contribution is 0.0755. The van der Waals surface area contributed by atoms with E-state index in [0.29, 0.717) is 31.0 Å². The summed E-state index contributed by atoms with van der Waals surface area (Å²) in [5.41, 5.74) is 0.309. The minimum atomic E-state index is -0.488. The third-order valence-electron chi connectivity index (χ3n) is 2.70. The van der Waals surface area contributed by atoms with Gasteiger partial charge in [-0.25, -0.2) is 9.37 Å². The van der Waals surface area contributed by atoms with Crippen molar-refractivity contribution < 1.29 is 9.18 Å². The summed E-state index contributed by atoms with van der Waals surface area (Å²) >= 11 is 0. The molecule has 5 heteroatoms. The lowest BCUT2D eigenvalue weighted by atomic mass is 10.2. The Bertz CT molecular complexity index is 417. The molecule has 106 valence electrons. The van der Waals surface area contributed by atoms with Gasteiger partial charge in [0.1, 0.15) is 11.6 Å². The summed E-state index contributed by atoms with van der Waals surface area (Å²) in [6.45, 7) is 7.94. The van der Waals surface area contributed by atoms with Gasteiger partial charge in [-0.2, -0.15) is 0 Å². The Morgan fingerprint density at radius 1 is 1.32 bits per heavy atom. The zero-order valence-electron chi connectivity index (χ0n) is 11.9.